The maximum Gasteiger partial charge on any atom is 0.410 e. The Labute approximate surface area is 133 Å². The quantitative estimate of drug-likeness (QED) is 0.722. The van der Waals surface area contributed by atoms with E-state index < -0.39 is 5.60 Å². The molecule has 1 amide bonds. The lowest BCUT2D eigenvalue weighted by molar-refractivity contribution is -0.122. The molecule has 2 bridgehead atoms. The van der Waals surface area contributed by atoms with E-state index in [1.165, 1.54) is 0 Å². The molecular weight excluding hydrogens is 278 g/mol. The topological polar surface area (TPSA) is 46.6 Å². The first-order valence-corrected chi connectivity index (χ1v) is 8.37. The third-order valence-corrected chi connectivity index (χ3v) is 4.41. The highest BCUT2D eigenvalue weighted by Gasteiger charge is 2.43. The standard InChI is InChI=1S/C18H29NO3/c1-12(2)9-16(20)13-10-14-7-6-8-15(11-13)19(14)17(21)22-18(3,4)5/h9,13-15H,6-8,10-11H2,1-5H3. The molecule has 2 saturated heterocycles. The van der Waals surface area contributed by atoms with Crippen LogP contribution < -0.4 is 0 Å². The lowest BCUT2D eigenvalue weighted by Gasteiger charge is -2.48. The maximum absolute atomic E-state index is 12.5. The summed E-state index contributed by atoms with van der Waals surface area (Å²) in [7, 11) is 0. The van der Waals surface area contributed by atoms with Gasteiger partial charge in [0.05, 0.1) is 0 Å². The molecule has 0 aliphatic carbocycles. The number of fused-ring (bicyclic) bond motifs is 2. The van der Waals surface area contributed by atoms with Crippen LogP contribution in [-0.2, 0) is 9.53 Å². The van der Waals surface area contributed by atoms with Crippen molar-refractivity contribution in [3.8, 4) is 0 Å². The number of amides is 1. The predicted molar refractivity (Wildman–Crippen MR) is 86.7 cm³/mol. The molecule has 0 aromatic carbocycles. The second-order valence-corrected chi connectivity index (χ2v) is 7.92. The number of nitrogens with zero attached hydrogens (tertiary/aromatic N) is 1. The SMILES string of the molecule is CC(C)=CC(=O)C1CC2CCCC(C1)N2C(=O)OC(C)(C)C. The summed E-state index contributed by atoms with van der Waals surface area (Å²) in [5.41, 5.74) is 0.574. The van der Waals surface area contributed by atoms with E-state index in [0.717, 1.165) is 37.7 Å². The predicted octanol–water partition coefficient (Wildman–Crippen LogP) is 4.09. The minimum Gasteiger partial charge on any atom is -0.444 e. The van der Waals surface area contributed by atoms with Crippen molar-refractivity contribution in [2.24, 2.45) is 5.92 Å². The summed E-state index contributed by atoms with van der Waals surface area (Å²) in [4.78, 5) is 26.7. The van der Waals surface area contributed by atoms with E-state index in [0.29, 0.717) is 0 Å². The lowest BCUT2D eigenvalue weighted by Crippen LogP contribution is -2.56. The molecule has 2 aliphatic heterocycles. The smallest absolute Gasteiger partial charge is 0.410 e. The summed E-state index contributed by atoms with van der Waals surface area (Å²) < 4.78 is 5.56. The van der Waals surface area contributed by atoms with Gasteiger partial charge in [0, 0.05) is 18.0 Å². The van der Waals surface area contributed by atoms with Gasteiger partial charge in [0.2, 0.25) is 0 Å². The Balaban J connectivity index is 2.10. The number of carbonyl (C=O) groups excluding carboxylic acids is 2. The summed E-state index contributed by atoms with van der Waals surface area (Å²) in [5, 5.41) is 0. The molecule has 0 aromatic heterocycles. The molecule has 2 fully saturated rings. The third-order valence-electron chi connectivity index (χ3n) is 4.41. The summed E-state index contributed by atoms with van der Waals surface area (Å²) in [6.45, 7) is 9.59. The molecule has 0 saturated carbocycles. The van der Waals surface area contributed by atoms with Gasteiger partial charge < -0.3 is 9.64 Å². The first-order chi connectivity index (χ1) is 10.2. The van der Waals surface area contributed by atoms with Gasteiger partial charge in [-0.25, -0.2) is 4.79 Å². The maximum atomic E-state index is 12.5. The fraction of sp³-hybridized carbons (Fsp3) is 0.778. The van der Waals surface area contributed by atoms with Crippen molar-refractivity contribution in [1.29, 1.82) is 0 Å². The Hall–Kier alpha value is -1.32. The van der Waals surface area contributed by atoms with Crippen LogP contribution in [-0.4, -0.2) is 34.5 Å². The normalized spacial score (nSPS) is 28.0. The van der Waals surface area contributed by atoms with Crippen molar-refractivity contribution in [2.75, 3.05) is 0 Å². The van der Waals surface area contributed by atoms with Crippen LogP contribution >= 0.6 is 0 Å². The highest BCUT2D eigenvalue weighted by molar-refractivity contribution is 5.92. The van der Waals surface area contributed by atoms with Gasteiger partial charge in [-0.05, 0) is 72.8 Å². The van der Waals surface area contributed by atoms with Crippen LogP contribution in [0.1, 0.15) is 66.7 Å². The van der Waals surface area contributed by atoms with Gasteiger partial charge in [-0.15, -0.1) is 0 Å². The van der Waals surface area contributed by atoms with E-state index in [4.69, 9.17) is 4.74 Å². The fourth-order valence-electron chi connectivity index (χ4n) is 3.63. The molecule has 2 atom stereocenters. The number of rotatable bonds is 2. The summed E-state index contributed by atoms with van der Waals surface area (Å²) in [6.07, 6.45) is 6.19. The molecule has 22 heavy (non-hydrogen) atoms. The Morgan fingerprint density at radius 3 is 2.09 bits per heavy atom. The zero-order valence-electron chi connectivity index (χ0n) is 14.5. The summed E-state index contributed by atoms with van der Waals surface area (Å²) >= 11 is 0. The van der Waals surface area contributed by atoms with Crippen LogP contribution in [0.15, 0.2) is 11.6 Å². The molecule has 2 aliphatic rings. The zero-order valence-corrected chi connectivity index (χ0v) is 14.5. The Morgan fingerprint density at radius 2 is 1.64 bits per heavy atom. The number of hydrogen-bond donors (Lipinski definition) is 0. The second kappa shape index (κ2) is 6.43. The third kappa shape index (κ3) is 4.11. The van der Waals surface area contributed by atoms with Crippen molar-refractivity contribution in [3.05, 3.63) is 11.6 Å². The van der Waals surface area contributed by atoms with Crippen LogP contribution in [0.5, 0.6) is 0 Å². The number of carbonyl (C=O) groups is 2. The minimum absolute atomic E-state index is 0.0592. The summed E-state index contributed by atoms with van der Waals surface area (Å²) in [6, 6.07) is 0.309. The molecule has 2 rings (SSSR count). The molecule has 0 aromatic rings. The van der Waals surface area contributed by atoms with E-state index in [9.17, 15) is 9.59 Å². The Morgan fingerprint density at radius 1 is 1.09 bits per heavy atom. The van der Waals surface area contributed by atoms with Crippen LogP contribution in [0.4, 0.5) is 4.79 Å². The first-order valence-electron chi connectivity index (χ1n) is 8.37. The first kappa shape index (κ1) is 17.0. The summed E-state index contributed by atoms with van der Waals surface area (Å²) in [5.74, 6) is 0.282. The number of ketones is 1. The van der Waals surface area contributed by atoms with Crippen molar-refractivity contribution in [3.63, 3.8) is 0 Å². The number of allylic oxidation sites excluding steroid dienone is 2. The molecule has 124 valence electrons. The van der Waals surface area contributed by atoms with Crippen molar-refractivity contribution >= 4 is 11.9 Å². The molecule has 2 unspecified atom stereocenters. The van der Waals surface area contributed by atoms with E-state index in [2.05, 4.69) is 0 Å². The number of ether oxygens (including phenoxy) is 1. The highest BCUT2D eigenvalue weighted by Crippen LogP contribution is 2.38. The molecular formula is C18H29NO3. The Kier molecular flexibility index (Phi) is 4.98. The van der Waals surface area contributed by atoms with Crippen molar-refractivity contribution < 1.29 is 14.3 Å². The molecule has 0 N–H and O–H groups in total. The molecule has 4 heteroatoms. The van der Waals surface area contributed by atoms with Crippen LogP contribution in [0.3, 0.4) is 0 Å². The monoisotopic (exact) mass is 307 g/mol. The fourth-order valence-corrected chi connectivity index (χ4v) is 3.63. The molecule has 0 spiro atoms. The van der Waals surface area contributed by atoms with Gasteiger partial charge in [-0.1, -0.05) is 5.57 Å². The average molecular weight is 307 g/mol. The van der Waals surface area contributed by atoms with E-state index in [1.807, 2.05) is 39.5 Å². The minimum atomic E-state index is -0.472. The zero-order chi connectivity index (χ0) is 16.5. The van der Waals surface area contributed by atoms with Gasteiger partial charge >= 0.3 is 6.09 Å². The van der Waals surface area contributed by atoms with Gasteiger partial charge in [0.15, 0.2) is 5.78 Å². The van der Waals surface area contributed by atoms with E-state index in [-0.39, 0.29) is 29.9 Å². The van der Waals surface area contributed by atoms with Gasteiger partial charge in [-0.2, -0.15) is 0 Å². The molecule has 4 nitrogen and oxygen atoms in total. The Bertz CT molecular complexity index is 457. The lowest BCUT2D eigenvalue weighted by atomic mass is 9.76. The largest absolute Gasteiger partial charge is 0.444 e. The molecule has 0 radical (unpaired) electrons. The number of piperidine rings is 2. The highest BCUT2D eigenvalue weighted by atomic mass is 16.6. The van der Waals surface area contributed by atoms with Crippen molar-refractivity contribution in [1.82, 2.24) is 4.90 Å². The van der Waals surface area contributed by atoms with Crippen LogP contribution in [0.25, 0.3) is 0 Å². The second-order valence-electron chi connectivity index (χ2n) is 7.92. The van der Waals surface area contributed by atoms with E-state index in [1.54, 1.807) is 6.08 Å². The van der Waals surface area contributed by atoms with Gasteiger partial charge in [0.1, 0.15) is 5.60 Å². The van der Waals surface area contributed by atoms with Crippen LogP contribution in [0.2, 0.25) is 0 Å². The van der Waals surface area contributed by atoms with E-state index >= 15 is 0 Å². The molecule has 2 heterocycles. The number of hydrogen-bond acceptors (Lipinski definition) is 3. The average Bonchev–Trinajstić information content (AvgIpc) is 2.34. The van der Waals surface area contributed by atoms with Gasteiger partial charge in [0.25, 0.3) is 0 Å². The van der Waals surface area contributed by atoms with Crippen molar-refractivity contribution in [2.45, 2.75) is 84.4 Å². The van der Waals surface area contributed by atoms with Gasteiger partial charge in [-0.3, -0.25) is 4.79 Å². The van der Waals surface area contributed by atoms with Crippen LogP contribution in [0, 0.1) is 5.92 Å².